The van der Waals surface area contributed by atoms with Crippen LogP contribution in [0.2, 0.25) is 0 Å². The van der Waals surface area contributed by atoms with Crippen molar-refractivity contribution in [2.45, 2.75) is 231 Å². The van der Waals surface area contributed by atoms with Gasteiger partial charge in [0.25, 0.3) is 0 Å². The van der Waals surface area contributed by atoms with Crippen LogP contribution < -0.4 is 54.6 Å². The van der Waals surface area contributed by atoms with E-state index in [2.05, 4.69) is 38.8 Å². The van der Waals surface area contributed by atoms with Crippen molar-refractivity contribution >= 4 is 59.4 Å². The fraction of sp³-hybridized carbons (Fsp3) is 0.792. The highest BCUT2D eigenvalue weighted by molar-refractivity contribution is 5.97. The largest absolute Gasteiger partial charge is 0.481 e. The van der Waals surface area contributed by atoms with E-state index in [1.165, 1.54) is 57.8 Å². The Morgan fingerprint density at radius 1 is 0.557 bits per heavy atom. The summed E-state index contributed by atoms with van der Waals surface area (Å²) < 4.78 is 0. The molecule has 0 radical (unpaired) electrons. The number of hydrogen-bond acceptors (Lipinski definition) is 13. The fourth-order valence-corrected chi connectivity index (χ4v) is 7.64. The molecule has 0 spiro atoms. The van der Waals surface area contributed by atoms with Crippen LogP contribution in [0, 0.1) is 11.3 Å². The average molecular weight is 996 g/mol. The maximum absolute atomic E-state index is 14.1. The van der Waals surface area contributed by atoms with Gasteiger partial charge < -0.3 is 58.4 Å². The van der Waals surface area contributed by atoms with Crippen molar-refractivity contribution in [3.05, 3.63) is 0 Å². The van der Waals surface area contributed by atoms with Gasteiger partial charge >= 0.3 is 5.97 Å². The van der Waals surface area contributed by atoms with Crippen molar-refractivity contribution in [3.8, 4) is 0 Å². The molecule has 0 aliphatic rings. The number of unbranched alkanes of at least 4 members (excludes halogenated alkanes) is 14. The highest BCUT2D eigenvalue weighted by Gasteiger charge is 2.34. The molecule has 22 nitrogen and oxygen atoms in total. The zero-order valence-electron chi connectivity index (χ0n) is 42.4. The Morgan fingerprint density at radius 3 is 1.49 bits per heavy atom. The molecule has 0 fully saturated rings. The molecule has 0 aromatic heterocycles. The molecule has 22 heteroatoms. The van der Waals surface area contributed by atoms with Crippen molar-refractivity contribution in [3.63, 3.8) is 0 Å². The summed E-state index contributed by atoms with van der Waals surface area (Å²) in [6.07, 6.45) is 14.6. The molecule has 0 rings (SSSR count). The summed E-state index contributed by atoms with van der Waals surface area (Å²) in [5.74, 6) is -2.05. The number of aliphatic hydroxyl groups excluding tert-OH is 1. The van der Waals surface area contributed by atoms with Gasteiger partial charge in [-0.15, -0.1) is 0 Å². The molecule has 70 heavy (non-hydrogen) atoms. The summed E-state index contributed by atoms with van der Waals surface area (Å²) in [7, 11) is 0. The van der Waals surface area contributed by atoms with Gasteiger partial charge in [-0.3, -0.25) is 49.2 Å². The quantitative estimate of drug-likeness (QED) is 0.00789. The van der Waals surface area contributed by atoms with Crippen LogP contribution >= 0.6 is 0 Å². The number of amidine groups is 1. The smallest absolute Gasteiger partial charge is 0.303 e. The molecule has 402 valence electrons. The van der Waals surface area contributed by atoms with Crippen molar-refractivity contribution in [1.82, 2.24) is 37.3 Å². The molecule has 0 saturated heterocycles. The monoisotopic (exact) mass is 996 g/mol. The number of aliphatic carboxylic acids is 1. The van der Waals surface area contributed by atoms with Crippen LogP contribution in [-0.4, -0.2) is 119 Å². The molecule has 7 amide bonds. The van der Waals surface area contributed by atoms with Gasteiger partial charge in [0.2, 0.25) is 41.4 Å². The number of rotatable bonds is 43. The lowest BCUT2D eigenvalue weighted by molar-refractivity contribution is -0.139. The lowest BCUT2D eigenvalue weighted by atomic mass is 10.00. The minimum Gasteiger partial charge on any atom is -0.481 e. The van der Waals surface area contributed by atoms with E-state index < -0.39 is 103 Å². The molecule has 0 aromatic rings. The summed E-state index contributed by atoms with van der Waals surface area (Å²) >= 11 is 0. The average Bonchev–Trinajstić information content (AvgIpc) is 3.30. The number of nitrogens with one attached hydrogen (secondary N) is 8. The first kappa shape index (κ1) is 64.8. The minimum atomic E-state index is -1.74. The maximum atomic E-state index is 14.1. The van der Waals surface area contributed by atoms with E-state index >= 15 is 0 Å². The minimum absolute atomic E-state index is 0.0421. The first-order valence-electron chi connectivity index (χ1n) is 25.5. The zero-order chi connectivity index (χ0) is 52.9. The maximum Gasteiger partial charge on any atom is 0.303 e. The molecule has 0 saturated carbocycles. The standard InChI is InChI=1S/C48H89N11O11/c1-5-6-7-8-9-10-11-12-13-14-15-16-17-25-40(62)54-35(23-20-21-28-49)44(66)57-38(29-32(2)3)47(69)55-36(22-18-19-24-39(50)51)45(67)56-37(26-27-42(64)65)46(68)58-43(33(4)61)48(70)53-34(31-60)30-41(63)59-52/h31-38,43,61H,5-30,49,52H2,1-4H3,(H3,50,51)(H,53,70)(H,54,62)(H,55,69)(H,56,67)(H,57,66)(H,58,68)(H,59,63)(H,64,65)/t33-,34+,35+,36+,37+,38+,43+/m1/s1. The first-order chi connectivity index (χ1) is 33.3. The number of carbonyl (C=O) groups excluding carboxylic acids is 8. The molecule has 0 bridgehead atoms. The molecular weight excluding hydrogens is 907 g/mol. The second kappa shape index (κ2) is 39.5. The van der Waals surface area contributed by atoms with Crippen LogP contribution in [0.5, 0.6) is 0 Å². The van der Waals surface area contributed by atoms with Crippen LogP contribution in [0.3, 0.4) is 0 Å². The molecule has 0 aromatic carbocycles. The topological polar surface area (TPSA) is 380 Å². The van der Waals surface area contributed by atoms with E-state index in [4.69, 9.17) is 22.7 Å². The van der Waals surface area contributed by atoms with Crippen LogP contribution in [-0.2, 0) is 43.2 Å². The third kappa shape index (κ3) is 31.8. The summed E-state index contributed by atoms with van der Waals surface area (Å²) in [5.41, 5.74) is 13.1. The van der Waals surface area contributed by atoms with Gasteiger partial charge in [-0.2, -0.15) is 0 Å². The van der Waals surface area contributed by atoms with Crippen LogP contribution in [0.15, 0.2) is 0 Å². The van der Waals surface area contributed by atoms with E-state index in [1.54, 1.807) is 0 Å². The Hall–Kier alpha value is -5.22. The third-order valence-electron chi connectivity index (χ3n) is 11.7. The van der Waals surface area contributed by atoms with Gasteiger partial charge in [-0.25, -0.2) is 5.84 Å². The molecule has 16 N–H and O–H groups in total. The Morgan fingerprint density at radius 2 is 1.01 bits per heavy atom. The number of nitrogens with two attached hydrogens (primary N) is 3. The van der Waals surface area contributed by atoms with Gasteiger partial charge in [0, 0.05) is 19.3 Å². The summed E-state index contributed by atoms with van der Waals surface area (Å²) in [4.78, 5) is 117. The number of hydrazine groups is 1. The third-order valence-corrected chi connectivity index (χ3v) is 11.7. The fourth-order valence-electron chi connectivity index (χ4n) is 7.64. The summed E-state index contributed by atoms with van der Waals surface area (Å²) in [6, 6.07) is -8.30. The molecule has 0 aliphatic heterocycles. The predicted molar refractivity (Wildman–Crippen MR) is 266 cm³/mol. The predicted octanol–water partition coefficient (Wildman–Crippen LogP) is 1.87. The van der Waals surface area contributed by atoms with Gasteiger partial charge in [0.15, 0.2) is 0 Å². The Bertz CT molecular complexity index is 1600. The van der Waals surface area contributed by atoms with E-state index in [0.717, 1.165) is 26.2 Å². The first-order valence-corrected chi connectivity index (χ1v) is 25.5. The van der Waals surface area contributed by atoms with Crippen molar-refractivity contribution in [2.75, 3.05) is 6.54 Å². The number of carboxylic acids is 1. The Kier molecular flexibility index (Phi) is 36.5. The second-order valence-electron chi connectivity index (χ2n) is 18.7. The normalized spacial score (nSPS) is 14.1. The number of amides is 7. The van der Waals surface area contributed by atoms with Gasteiger partial charge in [-0.1, -0.05) is 104 Å². The molecule has 0 heterocycles. The lowest BCUT2D eigenvalue weighted by Gasteiger charge is -2.28. The highest BCUT2D eigenvalue weighted by Crippen LogP contribution is 2.15. The van der Waals surface area contributed by atoms with E-state index in [0.29, 0.717) is 32.2 Å². The van der Waals surface area contributed by atoms with Crippen molar-refractivity contribution in [2.24, 2.45) is 23.2 Å². The van der Waals surface area contributed by atoms with Crippen molar-refractivity contribution in [1.29, 1.82) is 5.41 Å². The molecular formula is C48H89N11O11. The van der Waals surface area contributed by atoms with E-state index in [-0.39, 0.29) is 62.5 Å². The summed E-state index contributed by atoms with van der Waals surface area (Å²) in [6.45, 7) is 7.41. The Labute approximate surface area is 414 Å². The van der Waals surface area contributed by atoms with E-state index in [9.17, 15) is 53.4 Å². The van der Waals surface area contributed by atoms with Gasteiger partial charge in [-0.05, 0) is 70.8 Å². The van der Waals surface area contributed by atoms with Gasteiger partial charge in [0.05, 0.1) is 24.4 Å². The van der Waals surface area contributed by atoms with Crippen molar-refractivity contribution < 1.29 is 53.4 Å². The number of aliphatic hydroxyl groups is 1. The van der Waals surface area contributed by atoms with Crippen LogP contribution in [0.4, 0.5) is 0 Å². The number of carboxylic acid groups (broad SMARTS) is 1. The SMILES string of the molecule is CCCCCCCCCCCCCCCC(=O)N[C@@H](CCCCN)C(=O)N[C@@H](CC(C)C)C(=O)N[C@@H](CCCCC(=N)N)C(=O)N[C@@H](CCC(=O)O)C(=O)N[C@H](C(=O)N[C@H](C=O)CC(=O)NN)[C@@H](C)O. The molecule has 0 unspecified atom stereocenters. The number of hydrogen-bond donors (Lipinski definition) is 13. The molecule has 7 atom stereocenters. The van der Waals surface area contributed by atoms with Gasteiger partial charge in [0.1, 0.15) is 36.5 Å². The lowest BCUT2D eigenvalue weighted by Crippen LogP contribution is -2.61. The Balaban J connectivity index is 6.11. The highest BCUT2D eigenvalue weighted by atomic mass is 16.4. The zero-order valence-corrected chi connectivity index (χ0v) is 42.4. The second-order valence-corrected chi connectivity index (χ2v) is 18.7. The van der Waals surface area contributed by atoms with E-state index in [1.807, 2.05) is 19.3 Å². The molecule has 0 aliphatic carbocycles. The number of aldehydes is 1. The summed E-state index contributed by atoms with van der Waals surface area (Å²) in [5, 5.41) is 42.7. The number of carbonyl (C=O) groups is 9. The van der Waals surface area contributed by atoms with Crippen LogP contribution in [0.25, 0.3) is 0 Å². The van der Waals surface area contributed by atoms with Crippen LogP contribution in [0.1, 0.15) is 188 Å².